The Balaban J connectivity index is 2.77. The van der Waals surface area contributed by atoms with Crippen LogP contribution < -0.4 is 0 Å². The summed E-state index contributed by atoms with van der Waals surface area (Å²) in [5, 5.41) is 3.94. The van der Waals surface area contributed by atoms with E-state index < -0.39 is 0 Å². The third-order valence-electron chi connectivity index (χ3n) is 2.08. The molecule has 0 fully saturated rings. The van der Waals surface area contributed by atoms with Crippen molar-refractivity contribution in [2.24, 2.45) is 0 Å². The fraction of sp³-hybridized carbons (Fsp3) is 0.200. The second-order valence-corrected chi connectivity index (χ2v) is 5.22. The topological polar surface area (TPSA) is 0 Å². The second-order valence-electron chi connectivity index (χ2n) is 2.85. The summed E-state index contributed by atoms with van der Waals surface area (Å²) >= 11 is 15.4. The Labute approximate surface area is 101 Å². The predicted molar refractivity (Wildman–Crippen MR) is 68.2 cm³/mol. The van der Waals surface area contributed by atoms with Gasteiger partial charge in [0.2, 0.25) is 0 Å². The van der Waals surface area contributed by atoms with Gasteiger partial charge >= 0.3 is 0 Å². The summed E-state index contributed by atoms with van der Waals surface area (Å²) in [6.45, 7) is 0. The molecule has 0 aliphatic rings. The van der Waals surface area contributed by atoms with Crippen molar-refractivity contribution < 1.29 is 0 Å². The molecule has 0 saturated carbocycles. The number of hydrogen-bond donors (Lipinski definition) is 0. The number of fused-ring (bicyclic) bond motifs is 1. The van der Waals surface area contributed by atoms with Crippen LogP contribution in [0.2, 0.25) is 5.02 Å². The van der Waals surface area contributed by atoms with Crippen LogP contribution >= 0.6 is 46.3 Å². The molecule has 0 atom stereocenters. The van der Waals surface area contributed by atoms with E-state index in [1.165, 1.54) is 15.2 Å². The Hall–Kier alpha value is 0.110. The highest BCUT2D eigenvalue weighted by atomic mass is 35.5. The molecule has 4 heteroatoms. The van der Waals surface area contributed by atoms with Gasteiger partial charge in [-0.3, -0.25) is 0 Å². The smallest absolute Gasteiger partial charge is 0.0592 e. The third-order valence-corrected chi connectivity index (χ3v) is 4.83. The van der Waals surface area contributed by atoms with E-state index in [0.717, 1.165) is 10.4 Å². The van der Waals surface area contributed by atoms with Gasteiger partial charge in [-0.2, -0.15) is 0 Å². The lowest BCUT2D eigenvalue weighted by molar-refractivity contribution is 1.31. The Morgan fingerprint density at radius 3 is 2.86 bits per heavy atom. The standard InChI is InChI=1S/C10H8Cl2S2/c1-13-9-6(4-11)2-3-7-8(12)5-14-10(7)9/h2-3,5H,4H2,1H3. The molecule has 74 valence electrons. The van der Waals surface area contributed by atoms with Crippen LogP contribution in [0.3, 0.4) is 0 Å². The molecule has 1 aromatic heterocycles. The molecule has 0 radical (unpaired) electrons. The van der Waals surface area contributed by atoms with Crippen LogP contribution in [0.5, 0.6) is 0 Å². The fourth-order valence-electron chi connectivity index (χ4n) is 1.41. The number of rotatable bonds is 2. The monoisotopic (exact) mass is 262 g/mol. The first kappa shape index (κ1) is 10.6. The van der Waals surface area contributed by atoms with E-state index in [2.05, 4.69) is 12.3 Å². The Morgan fingerprint density at radius 2 is 2.21 bits per heavy atom. The second kappa shape index (κ2) is 4.31. The number of benzene rings is 1. The van der Waals surface area contributed by atoms with Gasteiger partial charge in [0.1, 0.15) is 0 Å². The molecule has 0 aliphatic heterocycles. The molecule has 0 unspecified atom stereocenters. The van der Waals surface area contributed by atoms with E-state index in [9.17, 15) is 0 Å². The Kier molecular flexibility index (Phi) is 3.27. The summed E-state index contributed by atoms with van der Waals surface area (Å²) in [7, 11) is 0. The first-order valence-corrected chi connectivity index (χ1v) is 7.08. The van der Waals surface area contributed by atoms with E-state index in [4.69, 9.17) is 23.2 Å². The zero-order chi connectivity index (χ0) is 10.1. The van der Waals surface area contributed by atoms with E-state index >= 15 is 0 Å². The van der Waals surface area contributed by atoms with Gasteiger partial charge < -0.3 is 0 Å². The Morgan fingerprint density at radius 1 is 1.43 bits per heavy atom. The van der Waals surface area contributed by atoms with Crippen LogP contribution in [0.4, 0.5) is 0 Å². The van der Waals surface area contributed by atoms with Crippen molar-refractivity contribution in [3.63, 3.8) is 0 Å². The molecule has 1 aromatic carbocycles. The molecule has 0 nitrogen and oxygen atoms in total. The fourth-order valence-corrected chi connectivity index (χ4v) is 4.04. The molecular weight excluding hydrogens is 255 g/mol. The van der Waals surface area contributed by atoms with E-state index in [1.807, 2.05) is 11.4 Å². The summed E-state index contributed by atoms with van der Waals surface area (Å²) in [4.78, 5) is 1.26. The zero-order valence-corrected chi connectivity index (χ0v) is 10.7. The highest BCUT2D eigenvalue weighted by Crippen LogP contribution is 2.38. The van der Waals surface area contributed by atoms with Gasteiger partial charge in [-0.1, -0.05) is 23.7 Å². The molecule has 0 bridgehead atoms. The van der Waals surface area contributed by atoms with Crippen LogP contribution in [0.15, 0.2) is 22.4 Å². The van der Waals surface area contributed by atoms with E-state index in [-0.39, 0.29) is 0 Å². The summed E-state index contributed by atoms with van der Waals surface area (Å²) in [6, 6.07) is 4.10. The third kappa shape index (κ3) is 1.65. The van der Waals surface area contributed by atoms with Crippen molar-refractivity contribution in [1.29, 1.82) is 0 Å². The van der Waals surface area contributed by atoms with Gasteiger partial charge in [0.15, 0.2) is 0 Å². The number of thioether (sulfide) groups is 1. The summed E-state index contributed by atoms with van der Waals surface area (Å²) < 4.78 is 1.25. The normalized spacial score (nSPS) is 11.1. The summed E-state index contributed by atoms with van der Waals surface area (Å²) in [5.74, 6) is 0.557. The first-order valence-electron chi connectivity index (χ1n) is 4.06. The maximum Gasteiger partial charge on any atom is 0.0592 e. The lowest BCUT2D eigenvalue weighted by Gasteiger charge is -2.05. The predicted octanol–water partition coefficient (Wildman–Crippen LogP) is 5.02. The first-order chi connectivity index (χ1) is 6.77. The SMILES string of the molecule is CSc1c(CCl)ccc2c(Cl)csc12. The number of halogens is 2. The highest BCUT2D eigenvalue weighted by Gasteiger charge is 2.09. The number of thiophene rings is 1. The molecule has 0 amide bonds. The Bertz CT molecular complexity index is 462. The van der Waals surface area contributed by atoms with Crippen molar-refractivity contribution in [3.05, 3.63) is 28.1 Å². The lowest BCUT2D eigenvalue weighted by Crippen LogP contribution is -1.82. The summed E-state index contributed by atoms with van der Waals surface area (Å²) in [6.07, 6.45) is 2.07. The number of alkyl halides is 1. The highest BCUT2D eigenvalue weighted by molar-refractivity contribution is 7.99. The largest absolute Gasteiger partial charge is 0.141 e. The van der Waals surface area contributed by atoms with Gasteiger partial charge in [0, 0.05) is 26.2 Å². The average molecular weight is 263 g/mol. The maximum atomic E-state index is 6.07. The van der Waals surface area contributed by atoms with Gasteiger partial charge in [-0.25, -0.2) is 0 Å². The minimum Gasteiger partial charge on any atom is -0.141 e. The van der Waals surface area contributed by atoms with Crippen LogP contribution in [-0.4, -0.2) is 6.26 Å². The number of hydrogen-bond acceptors (Lipinski definition) is 2. The van der Waals surface area contributed by atoms with Crippen LogP contribution in [-0.2, 0) is 5.88 Å². The molecule has 0 saturated heterocycles. The zero-order valence-electron chi connectivity index (χ0n) is 7.51. The molecule has 1 heterocycles. The molecular formula is C10H8Cl2S2. The molecule has 0 N–H and O–H groups in total. The van der Waals surface area contributed by atoms with Crippen molar-refractivity contribution in [2.75, 3.05) is 6.26 Å². The van der Waals surface area contributed by atoms with Crippen molar-refractivity contribution in [2.45, 2.75) is 10.8 Å². The van der Waals surface area contributed by atoms with Crippen LogP contribution in [0.25, 0.3) is 10.1 Å². The van der Waals surface area contributed by atoms with Crippen LogP contribution in [0, 0.1) is 0 Å². The molecule has 2 aromatic rings. The van der Waals surface area contributed by atoms with Gasteiger partial charge in [0.05, 0.1) is 5.02 Å². The van der Waals surface area contributed by atoms with Crippen molar-refractivity contribution >= 4 is 56.4 Å². The maximum absolute atomic E-state index is 6.07. The van der Waals surface area contributed by atoms with E-state index in [0.29, 0.717) is 5.88 Å². The molecule has 14 heavy (non-hydrogen) atoms. The minimum atomic E-state index is 0.557. The van der Waals surface area contributed by atoms with Crippen molar-refractivity contribution in [3.8, 4) is 0 Å². The molecule has 2 rings (SSSR count). The minimum absolute atomic E-state index is 0.557. The van der Waals surface area contributed by atoms with Gasteiger partial charge in [0.25, 0.3) is 0 Å². The average Bonchev–Trinajstić information content (AvgIpc) is 2.59. The van der Waals surface area contributed by atoms with E-state index in [1.54, 1.807) is 23.1 Å². The van der Waals surface area contributed by atoms with Gasteiger partial charge in [-0.15, -0.1) is 34.7 Å². The summed E-state index contributed by atoms with van der Waals surface area (Å²) in [5.41, 5.74) is 1.19. The van der Waals surface area contributed by atoms with Crippen LogP contribution in [0.1, 0.15) is 5.56 Å². The molecule has 0 aliphatic carbocycles. The van der Waals surface area contributed by atoms with Gasteiger partial charge in [-0.05, 0) is 11.8 Å². The quantitative estimate of drug-likeness (QED) is 0.541. The molecule has 0 spiro atoms. The van der Waals surface area contributed by atoms with Crippen molar-refractivity contribution in [1.82, 2.24) is 0 Å². The lowest BCUT2D eigenvalue weighted by atomic mass is 10.2.